The van der Waals surface area contributed by atoms with Crippen molar-refractivity contribution < 1.29 is 9.11 Å². The average molecular weight is 507 g/mol. The van der Waals surface area contributed by atoms with Crippen molar-refractivity contribution in [3.63, 3.8) is 0 Å². The molecule has 2 aromatic heterocycles. The monoisotopic (exact) mass is 506 g/mol. The van der Waals surface area contributed by atoms with Crippen molar-refractivity contribution >= 4 is 66.6 Å². The predicted molar refractivity (Wildman–Crippen MR) is 136 cm³/mol. The third-order valence-corrected chi connectivity index (χ3v) is 10.5. The normalized spacial score (nSPS) is 13.3. The zero-order valence-corrected chi connectivity index (χ0v) is 21.1. The van der Waals surface area contributed by atoms with Crippen LogP contribution in [0.15, 0.2) is 91.0 Å². The van der Waals surface area contributed by atoms with Gasteiger partial charge in [-0.2, -0.15) is 0 Å². The maximum absolute atomic E-state index is 12.0. The van der Waals surface area contributed by atoms with Crippen molar-refractivity contribution in [2.24, 2.45) is 0 Å². The highest BCUT2D eigenvalue weighted by atomic mass is 33.1. The quantitative estimate of drug-likeness (QED) is 0.193. The molecule has 0 aliphatic heterocycles. The Hall–Kier alpha value is -0.840. The molecule has 4 rings (SSSR count). The summed E-state index contributed by atoms with van der Waals surface area (Å²) in [7, 11) is 3.40. The second kappa shape index (κ2) is 10.2. The number of hydrogen-bond donors (Lipinski definition) is 0. The summed E-state index contributed by atoms with van der Waals surface area (Å²) in [6.07, 6.45) is 3.42. The third kappa shape index (κ3) is 5.14. The van der Waals surface area contributed by atoms with Crippen molar-refractivity contribution in [3.8, 4) is 20.9 Å². The molecule has 2 aromatic carbocycles. The molecule has 0 spiro atoms. The summed E-state index contributed by atoms with van der Waals surface area (Å²) in [5.74, 6) is 0. The summed E-state index contributed by atoms with van der Waals surface area (Å²) >= 11 is 1.33. The molecule has 0 radical (unpaired) electrons. The van der Waals surface area contributed by atoms with Gasteiger partial charge in [-0.3, -0.25) is 0 Å². The fraction of sp³-hybridized carbons (Fsp3) is 0.0909. The molecular formula is C22H18O2S6. The zero-order valence-electron chi connectivity index (χ0n) is 16.2. The molecule has 154 valence electrons. The van der Waals surface area contributed by atoms with E-state index in [1.807, 2.05) is 36.4 Å². The Labute approximate surface area is 198 Å². The molecule has 0 fully saturated rings. The molecule has 30 heavy (non-hydrogen) atoms. The van der Waals surface area contributed by atoms with E-state index < -0.39 is 22.4 Å². The summed E-state index contributed by atoms with van der Waals surface area (Å²) in [5.41, 5.74) is 2.22. The Kier molecular flexibility index (Phi) is 7.59. The summed E-state index contributed by atoms with van der Waals surface area (Å²) in [6, 6.07) is 20.3. The van der Waals surface area contributed by atoms with Crippen molar-refractivity contribution in [1.29, 1.82) is 0 Å². The van der Waals surface area contributed by atoms with Crippen LogP contribution in [0.1, 0.15) is 0 Å². The summed E-state index contributed by atoms with van der Waals surface area (Å²) < 4.78 is 24.0. The standard InChI is InChI=1S/C22H18O2S6/c1-29(23)15-7-9-21(17(13-15)19-5-3-11-25-19)27-28-22-10-8-16(30(2)24)14-18(22)20-6-4-12-26-20/h3-14H,1-2H3. The Morgan fingerprint density at radius 1 is 0.667 bits per heavy atom. The first-order valence-electron chi connectivity index (χ1n) is 8.90. The summed E-state index contributed by atoms with van der Waals surface area (Å²) in [4.78, 5) is 6.28. The van der Waals surface area contributed by atoms with E-state index >= 15 is 0 Å². The zero-order chi connectivity index (χ0) is 21.1. The molecule has 0 bridgehead atoms. The van der Waals surface area contributed by atoms with Gasteiger partial charge in [0.15, 0.2) is 9.79 Å². The van der Waals surface area contributed by atoms with E-state index in [1.54, 1.807) is 56.8 Å². The topological polar surface area (TPSA) is 46.1 Å². The molecular weight excluding hydrogens is 489 g/mol. The smallest absolute Gasteiger partial charge is 0.153 e. The SMILES string of the molecule is C[S+]([O-])c1ccc(SSc2ccc([S+](C)[O-])cc2-c2cccs2)c(-c2cccs2)c1. The van der Waals surface area contributed by atoms with Crippen molar-refractivity contribution in [2.45, 2.75) is 19.6 Å². The third-order valence-electron chi connectivity index (χ3n) is 4.36. The highest BCUT2D eigenvalue weighted by Gasteiger charge is 2.16. The summed E-state index contributed by atoms with van der Waals surface area (Å²) in [6.45, 7) is 0. The Morgan fingerprint density at radius 3 is 1.43 bits per heavy atom. The van der Waals surface area contributed by atoms with Gasteiger partial charge in [-0.1, -0.05) is 33.7 Å². The van der Waals surface area contributed by atoms with Gasteiger partial charge in [0.05, 0.1) is 0 Å². The molecule has 8 heteroatoms. The van der Waals surface area contributed by atoms with E-state index in [0.717, 1.165) is 30.7 Å². The van der Waals surface area contributed by atoms with Crippen molar-refractivity contribution in [3.05, 3.63) is 71.4 Å². The molecule has 0 amide bonds. The van der Waals surface area contributed by atoms with Gasteiger partial charge in [0, 0.05) is 42.8 Å². The maximum Gasteiger partial charge on any atom is 0.153 e. The van der Waals surface area contributed by atoms with Crippen molar-refractivity contribution in [1.82, 2.24) is 0 Å². The predicted octanol–water partition coefficient (Wildman–Crippen LogP) is 7.42. The van der Waals surface area contributed by atoms with Crippen LogP contribution in [0, 0.1) is 0 Å². The van der Waals surface area contributed by atoms with Gasteiger partial charge >= 0.3 is 0 Å². The maximum atomic E-state index is 12.0. The molecule has 0 N–H and O–H groups in total. The fourth-order valence-corrected chi connectivity index (χ4v) is 7.94. The lowest BCUT2D eigenvalue weighted by molar-refractivity contribution is 0.600. The Bertz CT molecular complexity index is 1020. The molecule has 0 aliphatic carbocycles. The minimum Gasteiger partial charge on any atom is -0.612 e. The van der Waals surface area contributed by atoms with E-state index in [4.69, 9.17) is 0 Å². The average Bonchev–Trinajstić information content (AvgIpc) is 3.46. The van der Waals surface area contributed by atoms with Crippen LogP contribution in [0.25, 0.3) is 20.9 Å². The molecule has 2 nitrogen and oxygen atoms in total. The molecule has 2 unspecified atom stereocenters. The van der Waals surface area contributed by atoms with Crippen LogP contribution in [0.4, 0.5) is 0 Å². The molecule has 0 saturated heterocycles. The number of hydrogen-bond acceptors (Lipinski definition) is 6. The van der Waals surface area contributed by atoms with E-state index in [-0.39, 0.29) is 0 Å². The lowest BCUT2D eigenvalue weighted by Crippen LogP contribution is -1.98. The van der Waals surface area contributed by atoms with Gasteiger partial charge in [0.1, 0.15) is 12.5 Å². The van der Waals surface area contributed by atoms with E-state index in [2.05, 4.69) is 35.0 Å². The first kappa shape index (κ1) is 22.4. The molecule has 0 aliphatic rings. The van der Waals surface area contributed by atoms with Gasteiger partial charge in [-0.25, -0.2) is 0 Å². The first-order valence-corrected chi connectivity index (χ1v) is 15.9. The Balaban J connectivity index is 1.67. The van der Waals surface area contributed by atoms with E-state index in [0.29, 0.717) is 0 Å². The lowest BCUT2D eigenvalue weighted by Gasteiger charge is -2.13. The van der Waals surface area contributed by atoms with Crippen LogP contribution < -0.4 is 0 Å². The van der Waals surface area contributed by atoms with E-state index in [9.17, 15) is 9.11 Å². The van der Waals surface area contributed by atoms with Gasteiger partial charge in [0.2, 0.25) is 0 Å². The van der Waals surface area contributed by atoms with Crippen LogP contribution in [0.2, 0.25) is 0 Å². The number of benzene rings is 2. The minimum atomic E-state index is -1.02. The second-order valence-electron chi connectivity index (χ2n) is 6.35. The minimum absolute atomic E-state index is 0.835. The lowest BCUT2D eigenvalue weighted by atomic mass is 10.2. The van der Waals surface area contributed by atoms with Crippen LogP contribution in [0.3, 0.4) is 0 Å². The van der Waals surface area contributed by atoms with Gasteiger partial charge in [0.25, 0.3) is 0 Å². The molecule has 0 saturated carbocycles. The fourth-order valence-electron chi connectivity index (χ4n) is 2.86. The largest absolute Gasteiger partial charge is 0.612 e. The molecule has 4 aromatic rings. The van der Waals surface area contributed by atoms with Crippen LogP contribution in [-0.2, 0) is 22.4 Å². The van der Waals surface area contributed by atoms with Gasteiger partial charge in [-0.15, -0.1) is 22.7 Å². The number of thiophene rings is 2. The van der Waals surface area contributed by atoms with Crippen LogP contribution in [0.5, 0.6) is 0 Å². The molecule has 2 atom stereocenters. The van der Waals surface area contributed by atoms with Crippen LogP contribution in [-0.4, -0.2) is 21.6 Å². The van der Waals surface area contributed by atoms with Gasteiger partial charge < -0.3 is 9.11 Å². The number of rotatable bonds is 7. The highest BCUT2D eigenvalue weighted by Crippen LogP contribution is 2.47. The summed E-state index contributed by atoms with van der Waals surface area (Å²) in [5, 5.41) is 4.12. The molecule has 2 heterocycles. The van der Waals surface area contributed by atoms with Crippen molar-refractivity contribution in [2.75, 3.05) is 12.5 Å². The first-order chi connectivity index (χ1) is 14.5. The Morgan fingerprint density at radius 2 is 1.10 bits per heavy atom. The van der Waals surface area contributed by atoms with E-state index in [1.165, 1.54) is 9.75 Å². The second-order valence-corrected chi connectivity index (χ2v) is 13.2. The highest BCUT2D eigenvalue weighted by molar-refractivity contribution is 8.76. The van der Waals surface area contributed by atoms with Gasteiger partial charge in [-0.05, 0) is 69.5 Å². The van der Waals surface area contributed by atoms with Crippen LogP contribution >= 0.6 is 44.3 Å².